The van der Waals surface area contributed by atoms with Crippen LogP contribution in [0.25, 0.3) is 28.5 Å². The number of hydrogen-bond donors (Lipinski definition) is 2. The van der Waals surface area contributed by atoms with Crippen LogP contribution in [0.15, 0.2) is 71.1 Å². The molecule has 0 spiro atoms. The van der Waals surface area contributed by atoms with Crippen LogP contribution in [0.5, 0.6) is 0 Å². The molecule has 0 fully saturated rings. The number of hydrogen-bond acceptors (Lipinski definition) is 6. The number of benzene rings is 2. The first-order valence-corrected chi connectivity index (χ1v) is 9.60. The van der Waals surface area contributed by atoms with E-state index in [1.807, 2.05) is 73.7 Å². The van der Waals surface area contributed by atoms with Crippen molar-refractivity contribution in [3.8, 4) is 22.8 Å². The highest BCUT2D eigenvalue weighted by molar-refractivity contribution is 5.73. The average molecular weight is 396 g/mol. The molecule has 4 N–H and O–H groups in total. The molecule has 0 aliphatic carbocycles. The Morgan fingerprint density at radius 1 is 0.933 bits per heavy atom. The van der Waals surface area contributed by atoms with Crippen LogP contribution in [0.1, 0.15) is 16.9 Å². The van der Waals surface area contributed by atoms with E-state index in [1.165, 1.54) is 0 Å². The van der Waals surface area contributed by atoms with Crippen LogP contribution in [0.4, 0.5) is 11.6 Å². The third-order valence-corrected chi connectivity index (χ3v) is 4.94. The second-order valence-corrected chi connectivity index (χ2v) is 7.17. The van der Waals surface area contributed by atoms with Crippen molar-refractivity contribution in [1.82, 2.24) is 19.6 Å². The van der Waals surface area contributed by atoms with Gasteiger partial charge < -0.3 is 15.9 Å². The molecule has 5 aromatic rings. The van der Waals surface area contributed by atoms with E-state index >= 15 is 0 Å². The zero-order valence-corrected chi connectivity index (χ0v) is 16.4. The first-order valence-electron chi connectivity index (χ1n) is 9.60. The minimum absolute atomic E-state index is 0.167. The van der Waals surface area contributed by atoms with E-state index in [0.717, 1.165) is 28.1 Å². The Kier molecular flexibility index (Phi) is 4.21. The molecule has 0 bridgehead atoms. The van der Waals surface area contributed by atoms with Crippen molar-refractivity contribution in [2.24, 2.45) is 0 Å². The number of nitrogen functional groups attached to an aromatic ring is 2. The van der Waals surface area contributed by atoms with Gasteiger partial charge in [0.05, 0.1) is 5.69 Å². The second kappa shape index (κ2) is 7.04. The molecule has 0 saturated carbocycles. The van der Waals surface area contributed by atoms with Gasteiger partial charge in [0.15, 0.2) is 11.4 Å². The molecule has 5 rings (SSSR count). The summed E-state index contributed by atoms with van der Waals surface area (Å²) in [5.41, 5.74) is 17.3. The summed E-state index contributed by atoms with van der Waals surface area (Å²) in [7, 11) is 0. The Labute approximate surface area is 173 Å². The molecule has 7 nitrogen and oxygen atoms in total. The van der Waals surface area contributed by atoms with Crippen LogP contribution in [-0.4, -0.2) is 19.6 Å². The summed E-state index contributed by atoms with van der Waals surface area (Å²) in [5.74, 6) is 2.05. The van der Waals surface area contributed by atoms with Crippen LogP contribution in [0.2, 0.25) is 0 Å². The average Bonchev–Trinajstić information content (AvgIpc) is 3.32. The van der Waals surface area contributed by atoms with Crippen molar-refractivity contribution in [3.63, 3.8) is 0 Å². The maximum atomic E-state index is 6.08. The van der Waals surface area contributed by atoms with Crippen molar-refractivity contribution >= 4 is 17.3 Å². The maximum absolute atomic E-state index is 6.08. The number of nitrogens with two attached hydrogens (primary N) is 2. The third kappa shape index (κ3) is 3.16. The van der Waals surface area contributed by atoms with E-state index in [9.17, 15) is 0 Å². The van der Waals surface area contributed by atoms with Gasteiger partial charge in [0.2, 0.25) is 11.8 Å². The number of anilines is 2. The molecule has 2 aromatic carbocycles. The predicted octanol–water partition coefficient (Wildman–Crippen LogP) is 4.11. The van der Waals surface area contributed by atoms with E-state index in [4.69, 9.17) is 21.0 Å². The van der Waals surface area contributed by atoms with E-state index < -0.39 is 0 Å². The quantitative estimate of drug-likeness (QED) is 0.443. The van der Waals surface area contributed by atoms with Gasteiger partial charge in [0, 0.05) is 23.2 Å². The molecule has 0 aliphatic rings. The molecule has 7 heteroatoms. The fourth-order valence-electron chi connectivity index (χ4n) is 3.61. The van der Waals surface area contributed by atoms with Crippen LogP contribution in [-0.2, 0) is 6.42 Å². The monoisotopic (exact) mass is 396 g/mol. The summed E-state index contributed by atoms with van der Waals surface area (Å²) in [6, 6.07) is 21.6. The number of nitrogens with zero attached hydrogens (tertiary/aromatic N) is 4. The van der Waals surface area contributed by atoms with E-state index in [2.05, 4.69) is 9.97 Å². The largest absolute Gasteiger partial charge is 0.458 e. The summed E-state index contributed by atoms with van der Waals surface area (Å²) in [4.78, 5) is 8.94. The number of rotatable bonds is 4. The number of aryl methyl sites for hydroxylation is 1. The molecule has 0 unspecified atom stereocenters. The Morgan fingerprint density at radius 3 is 2.50 bits per heavy atom. The molecule has 0 aliphatic heterocycles. The SMILES string of the molecule is Cc1ccc(-c2nc(N)nc3c(Cc4cccc(N)c4)c(-c4ccccc4)nn23)o1. The minimum Gasteiger partial charge on any atom is -0.458 e. The highest BCUT2D eigenvalue weighted by atomic mass is 16.3. The highest BCUT2D eigenvalue weighted by Gasteiger charge is 2.21. The Hall–Kier alpha value is -4.13. The van der Waals surface area contributed by atoms with E-state index in [1.54, 1.807) is 4.52 Å². The molecule has 0 amide bonds. The second-order valence-electron chi connectivity index (χ2n) is 7.17. The summed E-state index contributed by atoms with van der Waals surface area (Å²) in [5, 5.41) is 4.87. The molecule has 148 valence electrons. The van der Waals surface area contributed by atoms with Gasteiger partial charge in [-0.25, -0.2) is 0 Å². The maximum Gasteiger partial charge on any atom is 0.224 e. The van der Waals surface area contributed by atoms with Crippen LogP contribution < -0.4 is 11.5 Å². The van der Waals surface area contributed by atoms with Crippen molar-refractivity contribution < 1.29 is 4.42 Å². The summed E-state index contributed by atoms with van der Waals surface area (Å²) in [6.45, 7) is 1.88. The van der Waals surface area contributed by atoms with Crippen LogP contribution in [0.3, 0.4) is 0 Å². The molecule has 0 atom stereocenters. The standard InChI is InChI=1S/C23H20N6O/c1-14-10-11-19(30-14)22-27-23(25)26-21-18(13-15-6-5-9-17(24)12-15)20(28-29(21)22)16-7-3-2-4-8-16/h2-12H,13,24H2,1H3,(H2,25,26). The van der Waals surface area contributed by atoms with Gasteiger partial charge in [-0.2, -0.15) is 19.6 Å². The van der Waals surface area contributed by atoms with E-state index in [0.29, 0.717) is 29.3 Å². The first kappa shape index (κ1) is 17.9. The van der Waals surface area contributed by atoms with Crippen molar-refractivity contribution in [3.05, 3.63) is 83.6 Å². The lowest BCUT2D eigenvalue weighted by Gasteiger charge is -2.05. The lowest BCUT2D eigenvalue weighted by atomic mass is 10.0. The van der Waals surface area contributed by atoms with Gasteiger partial charge in [-0.3, -0.25) is 0 Å². The minimum atomic E-state index is 0.167. The lowest BCUT2D eigenvalue weighted by Crippen LogP contribution is -2.05. The molecule has 3 aromatic heterocycles. The fraction of sp³-hybridized carbons (Fsp3) is 0.0870. The molecular weight excluding hydrogens is 376 g/mol. The van der Waals surface area contributed by atoms with Gasteiger partial charge >= 0.3 is 0 Å². The van der Waals surface area contributed by atoms with Crippen molar-refractivity contribution in [1.29, 1.82) is 0 Å². The molecule has 0 saturated heterocycles. The lowest BCUT2D eigenvalue weighted by molar-refractivity contribution is 0.541. The number of aromatic nitrogens is 4. The third-order valence-electron chi connectivity index (χ3n) is 4.94. The molecule has 0 radical (unpaired) electrons. The molecule has 3 heterocycles. The Balaban J connectivity index is 1.78. The predicted molar refractivity (Wildman–Crippen MR) is 117 cm³/mol. The summed E-state index contributed by atoms with van der Waals surface area (Å²) in [6.07, 6.45) is 0.603. The topological polar surface area (TPSA) is 108 Å². The number of fused-ring (bicyclic) bond motifs is 1. The smallest absolute Gasteiger partial charge is 0.224 e. The van der Waals surface area contributed by atoms with Gasteiger partial charge in [-0.15, -0.1) is 0 Å². The van der Waals surface area contributed by atoms with E-state index in [-0.39, 0.29) is 5.95 Å². The zero-order chi connectivity index (χ0) is 20.7. The van der Waals surface area contributed by atoms with Gasteiger partial charge in [-0.1, -0.05) is 42.5 Å². The van der Waals surface area contributed by atoms with Crippen molar-refractivity contribution in [2.75, 3.05) is 11.5 Å². The van der Waals surface area contributed by atoms with Crippen LogP contribution in [0, 0.1) is 6.92 Å². The Bertz CT molecular complexity index is 1350. The fourth-order valence-corrected chi connectivity index (χ4v) is 3.61. The molecule has 30 heavy (non-hydrogen) atoms. The molecular formula is C23H20N6O. The highest BCUT2D eigenvalue weighted by Crippen LogP contribution is 2.31. The van der Waals surface area contributed by atoms with Crippen LogP contribution >= 0.6 is 0 Å². The Morgan fingerprint density at radius 2 is 1.77 bits per heavy atom. The first-order chi connectivity index (χ1) is 14.6. The van der Waals surface area contributed by atoms with Gasteiger partial charge in [0.25, 0.3) is 0 Å². The van der Waals surface area contributed by atoms with Crippen molar-refractivity contribution in [2.45, 2.75) is 13.3 Å². The zero-order valence-electron chi connectivity index (χ0n) is 16.4. The number of furan rings is 1. The summed E-state index contributed by atoms with van der Waals surface area (Å²) >= 11 is 0. The normalized spacial score (nSPS) is 11.2. The van der Waals surface area contributed by atoms with Gasteiger partial charge in [-0.05, 0) is 36.8 Å². The van der Waals surface area contributed by atoms with Gasteiger partial charge in [0.1, 0.15) is 5.76 Å². The summed E-state index contributed by atoms with van der Waals surface area (Å²) < 4.78 is 7.51.